The number of aliphatic hydroxyl groups excluding tert-OH is 1. The second-order valence-electron chi connectivity index (χ2n) is 31.5. The lowest BCUT2D eigenvalue weighted by Crippen LogP contribution is -2.30. The number of rotatable bonds is 84. The van der Waals surface area contributed by atoms with E-state index in [1.807, 2.05) is 0 Å². The van der Waals surface area contributed by atoms with Gasteiger partial charge >= 0.3 is 39.5 Å². The molecule has 5 atom stereocenters. The van der Waals surface area contributed by atoms with Gasteiger partial charge in [0.05, 0.1) is 26.4 Å². The lowest BCUT2D eigenvalue weighted by atomic mass is 10.0. The Morgan fingerprint density at radius 1 is 0.260 bits per heavy atom. The molecule has 19 heteroatoms. The van der Waals surface area contributed by atoms with Gasteiger partial charge < -0.3 is 33.8 Å². The lowest BCUT2D eigenvalue weighted by molar-refractivity contribution is -0.161. The number of hydrogen-bond acceptors (Lipinski definition) is 15. The first-order valence-electron chi connectivity index (χ1n) is 44.0. The van der Waals surface area contributed by atoms with Crippen LogP contribution in [-0.2, 0) is 65.4 Å². The van der Waals surface area contributed by atoms with Crippen LogP contribution in [0.15, 0.2) is 0 Å². The highest BCUT2D eigenvalue weighted by Gasteiger charge is 2.30. The summed E-state index contributed by atoms with van der Waals surface area (Å²) in [6.45, 7) is 9.71. The van der Waals surface area contributed by atoms with Crippen molar-refractivity contribution in [2.45, 2.75) is 471 Å². The zero-order valence-corrected chi connectivity index (χ0v) is 70.1. The van der Waals surface area contributed by atoms with Crippen molar-refractivity contribution in [2.24, 2.45) is 11.8 Å². The van der Waals surface area contributed by atoms with Crippen molar-refractivity contribution in [3.8, 4) is 0 Å². The summed E-state index contributed by atoms with van der Waals surface area (Å²) in [4.78, 5) is 73.1. The number of carbonyl (C=O) groups excluding carboxylic acids is 4. The molecule has 17 nitrogen and oxygen atoms in total. The SMILES string of the molecule is CCCCCCCCCCCCCCCCCCCCC(=O)O[C@H](COC(=O)CCCCCCCCCCC)COP(=O)(O)OC[C@H](O)COP(=O)(O)OC[C@@H](COC(=O)CCCCCCCCCCCCCCCCCC(C)C)OC(=O)CCCCCCCCCCCCCCCCCCC(C)C. The minimum absolute atomic E-state index is 0.109. The zero-order valence-electron chi connectivity index (χ0n) is 68.3. The molecule has 0 amide bonds. The van der Waals surface area contributed by atoms with Crippen molar-refractivity contribution in [1.29, 1.82) is 0 Å². The first-order chi connectivity index (χ1) is 50.4. The van der Waals surface area contributed by atoms with E-state index in [0.717, 1.165) is 102 Å². The van der Waals surface area contributed by atoms with Crippen LogP contribution in [0.5, 0.6) is 0 Å². The maximum atomic E-state index is 13.1. The van der Waals surface area contributed by atoms with Crippen molar-refractivity contribution >= 4 is 39.5 Å². The molecule has 0 aliphatic heterocycles. The van der Waals surface area contributed by atoms with Crippen molar-refractivity contribution in [1.82, 2.24) is 0 Å². The summed E-state index contributed by atoms with van der Waals surface area (Å²) in [5, 5.41) is 10.7. The van der Waals surface area contributed by atoms with Gasteiger partial charge in [-0.1, -0.05) is 401 Å². The predicted octanol–water partition coefficient (Wildman–Crippen LogP) is 25.8. The number of unbranched alkanes of at least 4 members (excludes halogenated alkanes) is 54. The molecule has 0 spiro atoms. The van der Waals surface area contributed by atoms with Crippen LogP contribution in [0.4, 0.5) is 0 Å². The second kappa shape index (κ2) is 76.4. The molecule has 0 aliphatic rings. The monoisotopic (exact) mass is 1520 g/mol. The topological polar surface area (TPSA) is 237 Å². The van der Waals surface area contributed by atoms with Gasteiger partial charge in [-0.25, -0.2) is 9.13 Å². The number of phosphoric ester groups is 2. The molecule has 0 saturated heterocycles. The Bertz CT molecular complexity index is 1990. The molecule has 0 aromatic heterocycles. The number of ether oxygens (including phenoxy) is 4. The molecule has 2 unspecified atom stereocenters. The van der Waals surface area contributed by atoms with E-state index < -0.39 is 97.5 Å². The van der Waals surface area contributed by atoms with Crippen LogP contribution in [0.3, 0.4) is 0 Å². The molecule has 618 valence electrons. The van der Waals surface area contributed by atoms with Gasteiger partial charge in [0.2, 0.25) is 0 Å². The van der Waals surface area contributed by atoms with Crippen molar-refractivity contribution in [3.05, 3.63) is 0 Å². The number of esters is 4. The Morgan fingerprint density at radius 3 is 0.654 bits per heavy atom. The summed E-state index contributed by atoms with van der Waals surface area (Å²) in [6.07, 6.45) is 68.0. The highest BCUT2D eigenvalue weighted by Crippen LogP contribution is 2.45. The number of carbonyl (C=O) groups is 4. The third kappa shape index (κ3) is 78.2. The van der Waals surface area contributed by atoms with Crippen LogP contribution >= 0.6 is 15.6 Å². The third-order valence-electron chi connectivity index (χ3n) is 20.0. The van der Waals surface area contributed by atoms with Gasteiger partial charge in [-0.15, -0.1) is 0 Å². The second-order valence-corrected chi connectivity index (χ2v) is 34.4. The summed E-state index contributed by atoms with van der Waals surface area (Å²) in [6, 6.07) is 0. The zero-order chi connectivity index (χ0) is 76.4. The van der Waals surface area contributed by atoms with E-state index in [1.54, 1.807) is 0 Å². The number of hydrogen-bond donors (Lipinski definition) is 3. The summed E-state index contributed by atoms with van der Waals surface area (Å²) < 4.78 is 68.8. The van der Waals surface area contributed by atoms with Gasteiger partial charge in [0.15, 0.2) is 12.2 Å². The predicted molar refractivity (Wildman–Crippen MR) is 428 cm³/mol. The van der Waals surface area contributed by atoms with Crippen LogP contribution in [0.25, 0.3) is 0 Å². The quantitative estimate of drug-likeness (QED) is 0.0222. The molecule has 0 radical (unpaired) electrons. The third-order valence-corrected chi connectivity index (χ3v) is 21.9. The van der Waals surface area contributed by atoms with Crippen LogP contribution in [0.1, 0.15) is 452 Å². The van der Waals surface area contributed by atoms with Crippen LogP contribution in [0.2, 0.25) is 0 Å². The largest absolute Gasteiger partial charge is 0.472 e. The molecule has 0 rings (SSSR count). The Balaban J connectivity index is 5.21. The fourth-order valence-corrected chi connectivity index (χ4v) is 14.8. The highest BCUT2D eigenvalue weighted by molar-refractivity contribution is 7.47. The highest BCUT2D eigenvalue weighted by atomic mass is 31.2. The van der Waals surface area contributed by atoms with Crippen LogP contribution < -0.4 is 0 Å². The first kappa shape index (κ1) is 102. The van der Waals surface area contributed by atoms with Gasteiger partial charge in [0.1, 0.15) is 19.3 Å². The molecule has 0 heterocycles. The fraction of sp³-hybridized carbons (Fsp3) is 0.953. The molecule has 0 aliphatic carbocycles. The van der Waals surface area contributed by atoms with E-state index in [1.165, 1.54) is 270 Å². The minimum Gasteiger partial charge on any atom is -0.462 e. The lowest BCUT2D eigenvalue weighted by Gasteiger charge is -2.21. The summed E-state index contributed by atoms with van der Waals surface area (Å²) in [5.74, 6) is -0.488. The number of phosphoric acid groups is 2. The Kier molecular flexibility index (Phi) is 75.0. The van der Waals surface area contributed by atoms with Gasteiger partial charge in [0.25, 0.3) is 0 Å². The fourth-order valence-electron chi connectivity index (χ4n) is 13.2. The summed E-state index contributed by atoms with van der Waals surface area (Å²) in [7, 11) is -9.92. The molecule has 3 N–H and O–H groups in total. The summed E-state index contributed by atoms with van der Waals surface area (Å²) in [5.41, 5.74) is 0. The number of aliphatic hydroxyl groups is 1. The minimum atomic E-state index is -4.96. The molecule has 0 saturated carbocycles. The Hall–Kier alpha value is -1.94. The van der Waals surface area contributed by atoms with Crippen LogP contribution in [-0.4, -0.2) is 96.7 Å². The van der Waals surface area contributed by atoms with Crippen molar-refractivity contribution < 1.29 is 80.2 Å². The molecule has 104 heavy (non-hydrogen) atoms. The van der Waals surface area contributed by atoms with E-state index in [-0.39, 0.29) is 25.7 Å². The maximum Gasteiger partial charge on any atom is 0.472 e. The molecule has 0 bridgehead atoms. The molecule has 0 aromatic rings. The Morgan fingerprint density at radius 2 is 0.442 bits per heavy atom. The molecular weight excluding hydrogens is 1350 g/mol. The van der Waals surface area contributed by atoms with E-state index in [9.17, 15) is 43.2 Å². The van der Waals surface area contributed by atoms with Gasteiger partial charge in [-0.2, -0.15) is 0 Å². The maximum absolute atomic E-state index is 13.1. The van der Waals surface area contributed by atoms with E-state index >= 15 is 0 Å². The standard InChI is InChI=1S/C85H166O17P2/c1-7-9-11-13-15-17-18-19-20-21-22-28-34-39-45-51-57-63-69-84(89)101-80(73-95-82(87)67-61-55-49-41-16-14-12-10-8-2)75-99-103(91,92)97-71-79(86)72-98-104(93,94)100-76-81(74-96-83(88)68-62-56-50-44-38-33-30-25-27-32-37-43-48-54-60-66-78(5)6)102-85(90)70-64-58-52-46-40-35-29-24-23-26-31-36-42-47-53-59-65-77(3)4/h77-81,86H,7-76H2,1-6H3,(H,91,92)(H,93,94)/t79-,80+,81+/m0/s1. The van der Waals surface area contributed by atoms with Gasteiger partial charge in [-0.3, -0.25) is 37.3 Å². The average Bonchev–Trinajstić information content (AvgIpc) is 0.923. The smallest absolute Gasteiger partial charge is 0.462 e. The van der Waals surface area contributed by atoms with E-state index in [0.29, 0.717) is 25.7 Å². The normalized spacial score (nSPS) is 13.8. The molecular formula is C85H166O17P2. The molecule has 0 aromatic carbocycles. The summed E-state index contributed by atoms with van der Waals surface area (Å²) >= 11 is 0. The first-order valence-corrected chi connectivity index (χ1v) is 47.0. The van der Waals surface area contributed by atoms with E-state index in [4.69, 9.17) is 37.0 Å². The van der Waals surface area contributed by atoms with Crippen molar-refractivity contribution in [2.75, 3.05) is 39.6 Å². The molecule has 0 fully saturated rings. The average molecular weight is 1520 g/mol. The van der Waals surface area contributed by atoms with Crippen molar-refractivity contribution in [3.63, 3.8) is 0 Å². The van der Waals surface area contributed by atoms with Gasteiger partial charge in [0, 0.05) is 25.7 Å². The van der Waals surface area contributed by atoms with Crippen LogP contribution in [0, 0.1) is 11.8 Å². The van der Waals surface area contributed by atoms with Gasteiger partial charge in [-0.05, 0) is 37.5 Å². The Labute approximate surface area is 638 Å². The van der Waals surface area contributed by atoms with E-state index in [2.05, 4.69) is 41.5 Å².